The zero-order chi connectivity index (χ0) is 17.6. The van der Waals surface area contributed by atoms with Gasteiger partial charge in [0.15, 0.2) is 5.78 Å². The molecule has 0 aromatic rings. The Morgan fingerprint density at radius 3 is 2.67 bits per heavy atom. The summed E-state index contributed by atoms with van der Waals surface area (Å²) in [5.41, 5.74) is 1.09. The first-order valence-corrected chi connectivity index (χ1v) is 8.99. The van der Waals surface area contributed by atoms with Crippen LogP contribution in [0.4, 0.5) is 0 Å². The van der Waals surface area contributed by atoms with E-state index in [4.69, 9.17) is 0 Å². The SMILES string of the molecule is CCCCCC=CC=C1C=CC(=O)C1CC=CCCCC(=O)OC. The van der Waals surface area contributed by atoms with E-state index in [9.17, 15) is 9.59 Å². The number of hydrogen-bond donors (Lipinski definition) is 0. The third-order valence-corrected chi connectivity index (χ3v) is 4.10. The lowest BCUT2D eigenvalue weighted by Crippen LogP contribution is -2.07. The predicted molar refractivity (Wildman–Crippen MR) is 98.6 cm³/mol. The van der Waals surface area contributed by atoms with Crippen molar-refractivity contribution < 1.29 is 14.3 Å². The van der Waals surface area contributed by atoms with Crippen LogP contribution in [0.15, 0.2) is 48.1 Å². The van der Waals surface area contributed by atoms with Crippen LogP contribution in [0, 0.1) is 5.92 Å². The Labute approximate surface area is 146 Å². The topological polar surface area (TPSA) is 43.4 Å². The molecule has 1 atom stereocenters. The molecule has 0 radical (unpaired) electrons. The molecule has 0 spiro atoms. The highest BCUT2D eigenvalue weighted by molar-refractivity contribution is 5.98. The zero-order valence-electron chi connectivity index (χ0n) is 15.0. The van der Waals surface area contributed by atoms with Crippen molar-refractivity contribution in [2.75, 3.05) is 7.11 Å². The number of unbranched alkanes of at least 4 members (excludes halogenated alkanes) is 4. The third-order valence-electron chi connectivity index (χ3n) is 4.10. The molecule has 0 bridgehead atoms. The molecule has 1 rings (SSSR count). The van der Waals surface area contributed by atoms with Crippen molar-refractivity contribution >= 4 is 11.8 Å². The van der Waals surface area contributed by atoms with E-state index in [0.29, 0.717) is 6.42 Å². The van der Waals surface area contributed by atoms with E-state index in [1.807, 2.05) is 18.2 Å². The van der Waals surface area contributed by atoms with Crippen molar-refractivity contribution in [2.24, 2.45) is 5.92 Å². The predicted octanol–water partition coefficient (Wildman–Crippen LogP) is 5.09. The Morgan fingerprint density at radius 1 is 1.12 bits per heavy atom. The molecule has 0 aromatic carbocycles. The first-order valence-electron chi connectivity index (χ1n) is 8.99. The fraction of sp³-hybridized carbons (Fsp3) is 0.524. The van der Waals surface area contributed by atoms with Crippen molar-refractivity contribution in [1.82, 2.24) is 0 Å². The number of allylic oxidation sites excluding steroid dienone is 8. The second-order valence-corrected chi connectivity index (χ2v) is 6.05. The van der Waals surface area contributed by atoms with E-state index in [-0.39, 0.29) is 17.7 Å². The number of hydrogen-bond acceptors (Lipinski definition) is 3. The van der Waals surface area contributed by atoms with Gasteiger partial charge in [-0.15, -0.1) is 0 Å². The Bertz CT molecular complexity index is 509. The van der Waals surface area contributed by atoms with Crippen LogP contribution in [0.1, 0.15) is 58.3 Å². The molecule has 0 saturated carbocycles. The summed E-state index contributed by atoms with van der Waals surface area (Å²) < 4.78 is 4.60. The van der Waals surface area contributed by atoms with Gasteiger partial charge in [0.2, 0.25) is 0 Å². The summed E-state index contributed by atoms with van der Waals surface area (Å²) in [6.45, 7) is 2.20. The second-order valence-electron chi connectivity index (χ2n) is 6.05. The summed E-state index contributed by atoms with van der Waals surface area (Å²) in [6, 6.07) is 0. The van der Waals surface area contributed by atoms with Gasteiger partial charge in [-0.25, -0.2) is 0 Å². The van der Waals surface area contributed by atoms with Gasteiger partial charge in [-0.05, 0) is 43.8 Å². The smallest absolute Gasteiger partial charge is 0.305 e. The van der Waals surface area contributed by atoms with Crippen LogP contribution in [0.5, 0.6) is 0 Å². The first kappa shape index (κ1) is 20.1. The van der Waals surface area contributed by atoms with Crippen LogP contribution < -0.4 is 0 Å². The molecule has 0 amide bonds. The molecular weight excluding hydrogens is 300 g/mol. The van der Waals surface area contributed by atoms with Gasteiger partial charge in [-0.1, -0.05) is 56.2 Å². The number of esters is 1. The largest absolute Gasteiger partial charge is 0.469 e. The van der Waals surface area contributed by atoms with Gasteiger partial charge in [0.25, 0.3) is 0 Å². The number of ether oxygens (including phenoxy) is 1. The second kappa shape index (κ2) is 12.5. The molecule has 132 valence electrons. The molecule has 1 aliphatic rings. The number of carbonyl (C=O) groups is 2. The minimum absolute atomic E-state index is 0.0536. The normalized spacial score (nSPS) is 19.2. The van der Waals surface area contributed by atoms with E-state index in [2.05, 4.69) is 29.9 Å². The van der Waals surface area contributed by atoms with Crippen LogP contribution >= 0.6 is 0 Å². The first-order chi connectivity index (χ1) is 11.7. The van der Waals surface area contributed by atoms with Crippen LogP contribution in [0.25, 0.3) is 0 Å². The number of carbonyl (C=O) groups excluding carboxylic acids is 2. The van der Waals surface area contributed by atoms with Crippen LogP contribution in [-0.4, -0.2) is 18.9 Å². The fourth-order valence-electron chi connectivity index (χ4n) is 2.60. The maximum absolute atomic E-state index is 12.0. The molecule has 3 nitrogen and oxygen atoms in total. The highest BCUT2D eigenvalue weighted by Gasteiger charge is 2.22. The van der Waals surface area contributed by atoms with E-state index in [1.54, 1.807) is 6.08 Å². The Balaban J connectivity index is 2.36. The number of methoxy groups -OCH3 is 1. The molecule has 0 saturated heterocycles. The number of rotatable bonds is 11. The average molecular weight is 330 g/mol. The lowest BCUT2D eigenvalue weighted by Gasteiger charge is -2.07. The monoisotopic (exact) mass is 330 g/mol. The molecular formula is C21H30O3. The summed E-state index contributed by atoms with van der Waals surface area (Å²) in [6.07, 6.45) is 21.6. The Kier molecular flexibility index (Phi) is 10.5. The van der Waals surface area contributed by atoms with Crippen LogP contribution in [-0.2, 0) is 14.3 Å². The molecule has 0 fully saturated rings. The van der Waals surface area contributed by atoms with Crippen molar-refractivity contribution in [2.45, 2.75) is 58.3 Å². The van der Waals surface area contributed by atoms with Gasteiger partial charge in [0, 0.05) is 6.42 Å². The fourth-order valence-corrected chi connectivity index (χ4v) is 2.60. The molecule has 1 unspecified atom stereocenters. The van der Waals surface area contributed by atoms with Gasteiger partial charge in [-0.2, -0.15) is 0 Å². The Morgan fingerprint density at radius 2 is 1.92 bits per heavy atom. The standard InChI is InChI=1S/C21H30O3/c1-3-4-5-6-7-10-13-18-16-17-20(22)19(18)14-11-8-9-12-15-21(23)24-2/h7-8,10-11,13,16-17,19H,3-6,9,12,14-15H2,1-2H3. The highest BCUT2D eigenvalue weighted by atomic mass is 16.5. The van der Waals surface area contributed by atoms with Gasteiger partial charge in [0.05, 0.1) is 13.0 Å². The van der Waals surface area contributed by atoms with E-state index in [1.165, 1.54) is 26.4 Å². The molecule has 0 aliphatic heterocycles. The van der Waals surface area contributed by atoms with Gasteiger partial charge < -0.3 is 4.74 Å². The summed E-state index contributed by atoms with van der Waals surface area (Å²) in [5, 5.41) is 0. The van der Waals surface area contributed by atoms with Crippen molar-refractivity contribution in [1.29, 1.82) is 0 Å². The Hall–Kier alpha value is -1.90. The maximum atomic E-state index is 12.0. The molecule has 24 heavy (non-hydrogen) atoms. The van der Waals surface area contributed by atoms with Crippen LogP contribution in [0.3, 0.4) is 0 Å². The van der Waals surface area contributed by atoms with Crippen molar-refractivity contribution in [3.05, 3.63) is 48.1 Å². The number of ketones is 1. The maximum Gasteiger partial charge on any atom is 0.305 e. The zero-order valence-corrected chi connectivity index (χ0v) is 15.0. The van der Waals surface area contributed by atoms with E-state index in [0.717, 1.165) is 31.3 Å². The summed E-state index contributed by atoms with van der Waals surface area (Å²) >= 11 is 0. The van der Waals surface area contributed by atoms with Crippen molar-refractivity contribution in [3.8, 4) is 0 Å². The average Bonchev–Trinajstić information content (AvgIpc) is 2.94. The van der Waals surface area contributed by atoms with E-state index < -0.39 is 0 Å². The molecule has 1 aliphatic carbocycles. The summed E-state index contributed by atoms with van der Waals surface area (Å²) in [4.78, 5) is 23.0. The molecule has 0 N–H and O–H groups in total. The van der Waals surface area contributed by atoms with Gasteiger partial charge in [0.1, 0.15) is 0 Å². The van der Waals surface area contributed by atoms with Crippen molar-refractivity contribution in [3.63, 3.8) is 0 Å². The molecule has 3 heteroatoms. The summed E-state index contributed by atoms with van der Waals surface area (Å²) in [5.74, 6) is -0.0449. The third kappa shape index (κ3) is 8.09. The summed E-state index contributed by atoms with van der Waals surface area (Å²) in [7, 11) is 1.41. The molecule has 0 heterocycles. The highest BCUT2D eigenvalue weighted by Crippen LogP contribution is 2.25. The van der Waals surface area contributed by atoms with Crippen LogP contribution in [0.2, 0.25) is 0 Å². The van der Waals surface area contributed by atoms with Gasteiger partial charge >= 0.3 is 5.97 Å². The van der Waals surface area contributed by atoms with Gasteiger partial charge in [-0.3, -0.25) is 9.59 Å². The lowest BCUT2D eigenvalue weighted by atomic mass is 9.96. The minimum atomic E-state index is -0.172. The lowest BCUT2D eigenvalue weighted by molar-refractivity contribution is -0.140. The quantitative estimate of drug-likeness (QED) is 0.301. The minimum Gasteiger partial charge on any atom is -0.469 e. The molecule has 0 aromatic heterocycles. The van der Waals surface area contributed by atoms with E-state index >= 15 is 0 Å².